The van der Waals surface area contributed by atoms with Crippen molar-refractivity contribution in [2.24, 2.45) is 0 Å². The number of piperidine rings is 1. The smallest absolute Gasteiger partial charge is 0.416 e. The van der Waals surface area contributed by atoms with E-state index in [2.05, 4.69) is 5.32 Å². The number of carbonyl (C=O) groups excluding carboxylic acids is 2. The number of benzene rings is 2. The Morgan fingerprint density at radius 2 is 1.83 bits per heavy atom. The molecular weight excluding hydrogens is 385 g/mol. The number of nitrogens with zero attached hydrogens (tertiary/aromatic N) is 1. The van der Waals surface area contributed by atoms with Crippen LogP contribution in [0.4, 0.5) is 13.2 Å². The molecule has 2 aromatic rings. The number of carbonyl (C=O) groups is 2. The van der Waals surface area contributed by atoms with Crippen molar-refractivity contribution in [1.29, 1.82) is 0 Å². The molecule has 0 spiro atoms. The van der Waals surface area contributed by atoms with Crippen LogP contribution in [0.1, 0.15) is 35.1 Å². The van der Waals surface area contributed by atoms with Crippen molar-refractivity contribution in [3.63, 3.8) is 0 Å². The summed E-state index contributed by atoms with van der Waals surface area (Å²) in [6.07, 6.45) is -3.56. The van der Waals surface area contributed by atoms with Crippen LogP contribution in [-0.4, -0.2) is 22.8 Å². The van der Waals surface area contributed by atoms with E-state index in [0.29, 0.717) is 37.2 Å². The van der Waals surface area contributed by atoms with E-state index in [1.54, 1.807) is 0 Å². The number of hydrogen-bond donors (Lipinski definition) is 1. The van der Waals surface area contributed by atoms with Gasteiger partial charge in [-0.3, -0.25) is 19.8 Å². The van der Waals surface area contributed by atoms with Crippen LogP contribution in [0.3, 0.4) is 0 Å². The second-order valence-electron chi connectivity index (χ2n) is 7.25. The van der Waals surface area contributed by atoms with Gasteiger partial charge in [0.05, 0.1) is 11.6 Å². The van der Waals surface area contributed by atoms with Crippen molar-refractivity contribution < 1.29 is 27.5 Å². The fourth-order valence-corrected chi connectivity index (χ4v) is 3.75. The van der Waals surface area contributed by atoms with Crippen LogP contribution in [0, 0.1) is 0 Å². The number of nitrogens with one attached hydrogen (secondary N) is 1. The molecule has 152 valence electrons. The molecule has 0 bridgehead atoms. The number of rotatable bonds is 4. The molecule has 0 radical (unpaired) electrons. The van der Waals surface area contributed by atoms with Crippen LogP contribution in [0.25, 0.3) is 0 Å². The van der Waals surface area contributed by atoms with E-state index in [1.807, 2.05) is 23.1 Å². The number of fused-ring (bicyclic) bond motifs is 1. The van der Waals surface area contributed by atoms with Crippen molar-refractivity contribution in [1.82, 2.24) is 10.2 Å². The molecule has 29 heavy (non-hydrogen) atoms. The van der Waals surface area contributed by atoms with Gasteiger partial charge in [0, 0.05) is 25.1 Å². The number of ether oxygens (including phenoxy) is 1. The summed E-state index contributed by atoms with van der Waals surface area (Å²) in [6, 6.07) is 10.2. The Labute approximate surface area is 165 Å². The van der Waals surface area contributed by atoms with Crippen LogP contribution in [-0.2, 0) is 35.5 Å². The Hall–Kier alpha value is -2.87. The Kier molecular flexibility index (Phi) is 5.04. The summed E-state index contributed by atoms with van der Waals surface area (Å²) in [5, 5.41) is 2.38. The monoisotopic (exact) mass is 404 g/mol. The fraction of sp³-hybridized carbons (Fsp3) is 0.333. The molecule has 1 atom stereocenters. The lowest BCUT2D eigenvalue weighted by Crippen LogP contribution is -2.50. The van der Waals surface area contributed by atoms with E-state index in [1.165, 1.54) is 12.1 Å². The first-order valence-electron chi connectivity index (χ1n) is 9.29. The molecule has 1 unspecified atom stereocenters. The Bertz CT molecular complexity index is 941. The van der Waals surface area contributed by atoms with Gasteiger partial charge in [0.15, 0.2) is 0 Å². The number of halogens is 3. The summed E-state index contributed by atoms with van der Waals surface area (Å²) in [4.78, 5) is 25.5. The third kappa shape index (κ3) is 4.12. The van der Waals surface area contributed by atoms with Gasteiger partial charge in [-0.2, -0.15) is 13.2 Å². The van der Waals surface area contributed by atoms with Crippen LogP contribution >= 0.6 is 0 Å². The van der Waals surface area contributed by atoms with Crippen molar-refractivity contribution in [3.8, 4) is 5.75 Å². The Balaban J connectivity index is 1.44. The largest absolute Gasteiger partial charge is 0.489 e. The van der Waals surface area contributed by atoms with Gasteiger partial charge < -0.3 is 4.74 Å². The molecule has 2 amide bonds. The van der Waals surface area contributed by atoms with Gasteiger partial charge >= 0.3 is 6.18 Å². The van der Waals surface area contributed by atoms with Gasteiger partial charge in [-0.25, -0.2) is 0 Å². The molecule has 2 aliphatic heterocycles. The Morgan fingerprint density at radius 3 is 2.52 bits per heavy atom. The van der Waals surface area contributed by atoms with Gasteiger partial charge in [0.1, 0.15) is 12.4 Å². The molecule has 1 saturated heterocycles. The number of amides is 2. The van der Waals surface area contributed by atoms with E-state index >= 15 is 0 Å². The molecule has 0 aromatic heterocycles. The van der Waals surface area contributed by atoms with E-state index in [9.17, 15) is 22.8 Å². The first-order chi connectivity index (χ1) is 13.8. The third-order valence-corrected chi connectivity index (χ3v) is 5.29. The summed E-state index contributed by atoms with van der Waals surface area (Å²) < 4.78 is 43.9. The first kappa shape index (κ1) is 19.4. The summed E-state index contributed by atoms with van der Waals surface area (Å²) in [6.45, 7) is 1.25. The summed E-state index contributed by atoms with van der Waals surface area (Å²) in [5.41, 5.74) is 1.95. The molecule has 2 heterocycles. The maximum atomic E-state index is 12.7. The summed E-state index contributed by atoms with van der Waals surface area (Å²) in [7, 11) is 0. The summed E-state index contributed by atoms with van der Waals surface area (Å²) in [5.74, 6) is 0.127. The third-order valence-electron chi connectivity index (χ3n) is 5.29. The molecule has 4 rings (SSSR count). The topological polar surface area (TPSA) is 58.6 Å². The highest BCUT2D eigenvalue weighted by atomic mass is 19.4. The van der Waals surface area contributed by atoms with Crippen molar-refractivity contribution in [2.45, 2.75) is 44.8 Å². The second-order valence-corrected chi connectivity index (χ2v) is 7.25. The highest BCUT2D eigenvalue weighted by Gasteiger charge is 2.35. The highest BCUT2D eigenvalue weighted by molar-refractivity contribution is 6.00. The molecule has 5 nitrogen and oxygen atoms in total. The molecule has 0 aliphatic carbocycles. The number of hydrogen-bond acceptors (Lipinski definition) is 4. The predicted octanol–water partition coefficient (Wildman–Crippen LogP) is 3.41. The zero-order valence-corrected chi connectivity index (χ0v) is 15.5. The van der Waals surface area contributed by atoms with Gasteiger partial charge in [-0.15, -0.1) is 0 Å². The number of imide groups is 1. The van der Waals surface area contributed by atoms with Crippen molar-refractivity contribution in [2.75, 3.05) is 0 Å². The first-order valence-corrected chi connectivity index (χ1v) is 9.29. The molecule has 2 aliphatic rings. The van der Waals surface area contributed by atoms with Crippen LogP contribution in [0.2, 0.25) is 0 Å². The molecule has 1 fully saturated rings. The standard InChI is InChI=1S/C21H19F3N2O3/c22-21(23,24)15-6-4-13(5-7-15)12-29-18-3-1-2-14-10-26(11-16(14)18)17-8-9-19(27)25-20(17)28/h1-7,17H,8-12H2,(H,25,27,28). The maximum Gasteiger partial charge on any atom is 0.416 e. The van der Waals surface area contributed by atoms with Crippen molar-refractivity contribution >= 4 is 11.8 Å². The lowest BCUT2D eigenvalue weighted by Gasteiger charge is -2.29. The Morgan fingerprint density at radius 1 is 1.07 bits per heavy atom. The van der Waals surface area contributed by atoms with Crippen LogP contribution in [0.5, 0.6) is 5.75 Å². The molecule has 0 saturated carbocycles. The van der Waals surface area contributed by atoms with E-state index in [4.69, 9.17) is 4.74 Å². The summed E-state index contributed by atoms with van der Waals surface area (Å²) >= 11 is 0. The van der Waals surface area contributed by atoms with Gasteiger partial charge in [0.2, 0.25) is 11.8 Å². The molecule has 1 N–H and O–H groups in total. The van der Waals surface area contributed by atoms with E-state index in [0.717, 1.165) is 23.3 Å². The normalized spacial score (nSPS) is 19.8. The highest BCUT2D eigenvalue weighted by Crippen LogP contribution is 2.34. The average molecular weight is 404 g/mol. The van der Waals surface area contributed by atoms with E-state index in [-0.39, 0.29) is 24.5 Å². The molecule has 2 aromatic carbocycles. The fourth-order valence-electron chi connectivity index (χ4n) is 3.75. The average Bonchev–Trinajstić information content (AvgIpc) is 3.10. The van der Waals surface area contributed by atoms with Gasteiger partial charge in [-0.1, -0.05) is 24.3 Å². The lowest BCUT2D eigenvalue weighted by atomic mass is 10.0. The SMILES string of the molecule is O=C1CCC(N2Cc3cccc(OCc4ccc(C(F)(F)F)cc4)c3C2)C(=O)N1. The van der Waals surface area contributed by atoms with Crippen LogP contribution < -0.4 is 10.1 Å². The van der Waals surface area contributed by atoms with Gasteiger partial charge in [0.25, 0.3) is 0 Å². The van der Waals surface area contributed by atoms with Gasteiger partial charge in [-0.05, 0) is 35.7 Å². The minimum Gasteiger partial charge on any atom is -0.489 e. The second kappa shape index (κ2) is 7.51. The zero-order valence-electron chi connectivity index (χ0n) is 15.5. The quantitative estimate of drug-likeness (QED) is 0.794. The number of alkyl halides is 3. The minimum absolute atomic E-state index is 0.146. The van der Waals surface area contributed by atoms with E-state index < -0.39 is 11.7 Å². The lowest BCUT2D eigenvalue weighted by molar-refractivity contribution is -0.138. The molecule has 8 heteroatoms. The predicted molar refractivity (Wildman–Crippen MR) is 97.6 cm³/mol. The van der Waals surface area contributed by atoms with Crippen molar-refractivity contribution in [3.05, 3.63) is 64.7 Å². The van der Waals surface area contributed by atoms with Crippen LogP contribution in [0.15, 0.2) is 42.5 Å². The molecular formula is C21H19F3N2O3. The minimum atomic E-state index is -4.36. The zero-order chi connectivity index (χ0) is 20.6. The maximum absolute atomic E-state index is 12.7.